The minimum atomic E-state index is -0.163. The summed E-state index contributed by atoms with van der Waals surface area (Å²) in [4.78, 5) is 11.4. The summed E-state index contributed by atoms with van der Waals surface area (Å²) in [6.07, 6.45) is 0.966. The predicted molar refractivity (Wildman–Crippen MR) is 83.5 cm³/mol. The maximum Gasteiger partial charge on any atom is 2.00 e. The third-order valence-electron chi connectivity index (χ3n) is 4.39. The number of nitrogens with zero attached hydrogens (tertiary/aromatic N) is 5. The fourth-order valence-corrected chi connectivity index (χ4v) is 3.30. The Labute approximate surface area is 151 Å². The second-order valence-corrected chi connectivity index (χ2v) is 5.67. The van der Waals surface area contributed by atoms with Gasteiger partial charge in [0.15, 0.2) is 5.82 Å². The molecule has 2 heterocycles. The number of tetrazole rings is 1. The van der Waals surface area contributed by atoms with Crippen LogP contribution in [0, 0.1) is 13.0 Å². The molecule has 1 aliphatic heterocycles. The predicted octanol–water partition coefficient (Wildman–Crippen LogP) is 1.35. The van der Waals surface area contributed by atoms with E-state index in [1.807, 2.05) is 13.1 Å². The van der Waals surface area contributed by atoms with Crippen LogP contribution in [0.4, 0.5) is 0 Å². The van der Waals surface area contributed by atoms with Crippen LogP contribution in [-0.4, -0.2) is 45.0 Å². The summed E-state index contributed by atoms with van der Waals surface area (Å²) in [7, 11) is 5.89. The molecule has 1 aliphatic rings. The summed E-state index contributed by atoms with van der Waals surface area (Å²) in [5.41, 5.74) is 1.11. The van der Waals surface area contributed by atoms with Gasteiger partial charge in [0.25, 0.3) is 0 Å². The van der Waals surface area contributed by atoms with E-state index >= 15 is 0 Å². The molecule has 1 aromatic carbocycles. The van der Waals surface area contributed by atoms with Gasteiger partial charge in [0.1, 0.15) is 0 Å². The van der Waals surface area contributed by atoms with Crippen molar-refractivity contribution in [3.8, 4) is 0 Å². The van der Waals surface area contributed by atoms with Crippen molar-refractivity contribution in [1.82, 2.24) is 25.1 Å². The molecule has 0 radical (unpaired) electrons. The maximum absolute atomic E-state index is 7.75. The number of benzene rings is 1. The molecule has 2 atom stereocenters. The van der Waals surface area contributed by atoms with E-state index in [1.54, 1.807) is 4.80 Å². The van der Waals surface area contributed by atoms with Gasteiger partial charge in [-0.2, -0.15) is 4.80 Å². The van der Waals surface area contributed by atoms with Crippen LogP contribution in [0.5, 0.6) is 0 Å². The van der Waals surface area contributed by atoms with Crippen molar-refractivity contribution in [3.63, 3.8) is 0 Å². The zero-order chi connectivity index (χ0) is 16.2. The van der Waals surface area contributed by atoms with E-state index in [-0.39, 0.29) is 26.5 Å². The first-order valence-corrected chi connectivity index (χ1v) is 7.22. The molecule has 3 rings (SSSR count). The van der Waals surface area contributed by atoms with Crippen LogP contribution in [-0.2, 0) is 38.3 Å². The van der Waals surface area contributed by atoms with E-state index in [0.29, 0.717) is 5.92 Å². The minimum absolute atomic E-state index is 0. The normalized spacial score (nSPS) is 24.2. The van der Waals surface area contributed by atoms with Crippen LogP contribution in [0.3, 0.4) is 0 Å². The van der Waals surface area contributed by atoms with E-state index in [9.17, 15) is 0 Å². The Hall–Kier alpha value is -1.39. The maximum atomic E-state index is 7.75. The molecule has 2 unspecified atom stereocenters. The van der Waals surface area contributed by atoms with E-state index in [2.05, 4.69) is 65.3 Å². The van der Waals surface area contributed by atoms with Gasteiger partial charge in [0, 0.05) is 0 Å². The standard InChI is InChI=1S/C15H20N5.CHO.W/c1-12-11-19(2)10-9-15(12,13-7-5-4-6-8-13)14-16-18-20(3)17-14;1-2;/h4-8,12H,2,9-11H2,1,3H3;1H;/q2*-1;+2. The second kappa shape index (κ2) is 8.46. The van der Waals surface area contributed by atoms with Crippen LogP contribution in [0.25, 0.3) is 0 Å². The monoisotopic (exact) mass is 483 g/mol. The van der Waals surface area contributed by atoms with Gasteiger partial charge in [-0.15, -0.1) is 10.2 Å². The molecule has 0 amide bonds. The van der Waals surface area contributed by atoms with Gasteiger partial charge in [-0.25, -0.2) is 0 Å². The van der Waals surface area contributed by atoms with Crippen molar-refractivity contribution in [1.29, 1.82) is 0 Å². The smallest absolute Gasteiger partial charge is 0.545 e. The summed E-state index contributed by atoms with van der Waals surface area (Å²) in [5.74, 6) is 1.21. The minimum Gasteiger partial charge on any atom is -0.545 e. The number of carbonyl (C=O) groups excluding carboxylic acids is 1. The van der Waals surface area contributed by atoms with Crippen molar-refractivity contribution >= 4 is 6.79 Å². The summed E-state index contributed by atoms with van der Waals surface area (Å²) >= 11 is 0. The van der Waals surface area contributed by atoms with Gasteiger partial charge in [0.05, 0.1) is 12.5 Å². The van der Waals surface area contributed by atoms with Crippen LogP contribution >= 0.6 is 0 Å². The molecule has 1 fully saturated rings. The second-order valence-electron chi connectivity index (χ2n) is 5.67. The Balaban J connectivity index is 0.000000849. The zero-order valence-corrected chi connectivity index (χ0v) is 16.4. The fourth-order valence-electron chi connectivity index (χ4n) is 3.30. The third kappa shape index (κ3) is 3.75. The fraction of sp³-hybridized carbons (Fsp3) is 0.438. The molecule has 0 bridgehead atoms. The average molecular weight is 483 g/mol. The Kier molecular flexibility index (Phi) is 7.23. The molecule has 6 nitrogen and oxygen atoms in total. The molecule has 122 valence electrons. The van der Waals surface area contributed by atoms with E-state index < -0.39 is 0 Å². The molecule has 1 saturated heterocycles. The Bertz CT molecular complexity index is 606. The van der Waals surface area contributed by atoms with Gasteiger partial charge >= 0.3 is 21.1 Å². The number of aromatic nitrogens is 4. The first-order chi connectivity index (χ1) is 10.6. The zero-order valence-electron chi connectivity index (χ0n) is 13.4. The summed E-state index contributed by atoms with van der Waals surface area (Å²) in [6, 6.07) is 10.5. The summed E-state index contributed by atoms with van der Waals surface area (Å²) in [5, 5.41) is 12.9. The molecule has 0 saturated carbocycles. The molecule has 1 aromatic heterocycles. The van der Waals surface area contributed by atoms with Gasteiger partial charge < -0.3 is 9.69 Å². The van der Waals surface area contributed by atoms with Crippen molar-refractivity contribution in [3.05, 3.63) is 48.8 Å². The van der Waals surface area contributed by atoms with Crippen LogP contribution < -0.4 is 0 Å². The molecule has 0 spiro atoms. The first kappa shape index (κ1) is 19.7. The number of aryl methyl sites for hydroxylation is 1. The van der Waals surface area contributed by atoms with E-state index in [4.69, 9.17) is 4.79 Å². The van der Waals surface area contributed by atoms with Gasteiger partial charge in [-0.3, -0.25) is 13.8 Å². The van der Waals surface area contributed by atoms with E-state index in [1.165, 1.54) is 5.56 Å². The number of likely N-dealkylation sites (tertiary alicyclic amines) is 1. The number of hydrogen-bond acceptors (Lipinski definition) is 5. The Morgan fingerprint density at radius 1 is 1.30 bits per heavy atom. The Morgan fingerprint density at radius 3 is 2.48 bits per heavy atom. The van der Waals surface area contributed by atoms with Crippen LogP contribution in [0.1, 0.15) is 24.7 Å². The number of rotatable bonds is 2. The van der Waals surface area contributed by atoms with Crippen LogP contribution in [0.15, 0.2) is 30.3 Å². The van der Waals surface area contributed by atoms with Gasteiger partial charge in [-0.1, -0.05) is 37.3 Å². The van der Waals surface area contributed by atoms with Crippen LogP contribution in [0.2, 0.25) is 0 Å². The molecule has 0 aliphatic carbocycles. The van der Waals surface area contributed by atoms with Gasteiger partial charge in [0.2, 0.25) is 0 Å². The van der Waals surface area contributed by atoms with Crippen molar-refractivity contribution < 1.29 is 25.9 Å². The van der Waals surface area contributed by atoms with Crippen molar-refractivity contribution in [2.24, 2.45) is 13.0 Å². The topological polar surface area (TPSA) is 63.9 Å². The number of hydrogen-bond donors (Lipinski definition) is 0. The largest absolute Gasteiger partial charge is 2.00 e. The first-order valence-electron chi connectivity index (χ1n) is 7.22. The average Bonchev–Trinajstić information content (AvgIpc) is 2.97. The molecular weight excluding hydrogens is 462 g/mol. The SMILES string of the molecule is [CH-]=O.[CH2-]N1CCC(c2ccccc2)(c2nnn(C)n2)C(C)C1.[W+2]. The number of piperidine rings is 1. The molecule has 23 heavy (non-hydrogen) atoms. The summed E-state index contributed by atoms with van der Waals surface area (Å²) < 4.78 is 0. The van der Waals surface area contributed by atoms with Gasteiger partial charge in [-0.05, 0) is 36.2 Å². The Morgan fingerprint density at radius 2 is 1.96 bits per heavy atom. The van der Waals surface area contributed by atoms with Crippen molar-refractivity contribution in [2.45, 2.75) is 18.8 Å². The van der Waals surface area contributed by atoms with Crippen molar-refractivity contribution in [2.75, 3.05) is 13.1 Å². The summed E-state index contributed by atoms with van der Waals surface area (Å²) in [6.45, 7) is 7.38. The molecule has 0 N–H and O–H groups in total. The molecule has 2 aromatic rings. The third-order valence-corrected chi connectivity index (χ3v) is 4.39. The quantitative estimate of drug-likeness (QED) is 0.477. The molecular formula is C16H21N5OW. The van der Waals surface area contributed by atoms with E-state index in [0.717, 1.165) is 25.3 Å². The molecule has 7 heteroatoms.